The number of nitrogens with zero attached hydrogens (tertiary/aromatic N) is 1. The van der Waals surface area contributed by atoms with Crippen molar-refractivity contribution in [3.8, 4) is 5.75 Å². The molecule has 1 N–H and O–H groups in total. The third-order valence-corrected chi connectivity index (χ3v) is 3.90. The molecule has 1 saturated heterocycles. The molecule has 0 atom stereocenters. The molecular formula is C19H18N2O4S. The van der Waals surface area contributed by atoms with Crippen LogP contribution in [0, 0.1) is 6.92 Å². The van der Waals surface area contributed by atoms with Crippen molar-refractivity contribution < 1.29 is 18.7 Å². The summed E-state index contributed by atoms with van der Waals surface area (Å²) in [7, 11) is 0. The molecule has 1 fully saturated rings. The Bertz CT molecular complexity index is 897. The van der Waals surface area contributed by atoms with Gasteiger partial charge in [-0.25, -0.2) is 0 Å². The molecule has 0 aliphatic carbocycles. The highest BCUT2D eigenvalue weighted by Crippen LogP contribution is 2.25. The molecule has 0 bridgehead atoms. The molecule has 1 aliphatic rings. The second-order valence-corrected chi connectivity index (χ2v) is 6.45. The van der Waals surface area contributed by atoms with Crippen LogP contribution in [-0.2, 0) is 9.59 Å². The zero-order chi connectivity index (χ0) is 18.8. The number of hydrogen-bond donors (Lipinski definition) is 1. The summed E-state index contributed by atoms with van der Waals surface area (Å²) < 4.78 is 11.0. The minimum Gasteiger partial charge on any atom is -0.491 e. The molecule has 1 aromatic carbocycles. The van der Waals surface area contributed by atoms with E-state index in [0.29, 0.717) is 23.0 Å². The lowest BCUT2D eigenvalue weighted by Crippen LogP contribution is -2.54. The maximum atomic E-state index is 12.9. The lowest BCUT2D eigenvalue weighted by molar-refractivity contribution is -0.122. The first kappa shape index (κ1) is 17.9. The fourth-order valence-electron chi connectivity index (χ4n) is 2.51. The molecule has 1 aromatic heterocycles. The topological polar surface area (TPSA) is 71.8 Å². The van der Waals surface area contributed by atoms with Crippen LogP contribution >= 0.6 is 12.2 Å². The molecule has 134 valence electrons. The lowest BCUT2D eigenvalue weighted by Gasteiger charge is -2.28. The van der Waals surface area contributed by atoms with E-state index in [1.807, 2.05) is 13.8 Å². The number of hydrogen-bond acceptors (Lipinski definition) is 5. The van der Waals surface area contributed by atoms with Gasteiger partial charge in [0.05, 0.1) is 11.8 Å². The van der Waals surface area contributed by atoms with E-state index in [9.17, 15) is 9.59 Å². The van der Waals surface area contributed by atoms with E-state index in [1.165, 1.54) is 11.0 Å². The first-order chi connectivity index (χ1) is 12.3. The molecule has 0 radical (unpaired) electrons. The number of anilines is 1. The van der Waals surface area contributed by atoms with Crippen molar-refractivity contribution in [2.24, 2.45) is 0 Å². The zero-order valence-corrected chi connectivity index (χ0v) is 15.4. The Balaban J connectivity index is 1.91. The average Bonchev–Trinajstić information content (AvgIpc) is 2.97. The second-order valence-electron chi connectivity index (χ2n) is 6.07. The van der Waals surface area contributed by atoms with Crippen molar-refractivity contribution in [1.29, 1.82) is 0 Å². The first-order valence-corrected chi connectivity index (χ1v) is 8.50. The van der Waals surface area contributed by atoms with E-state index < -0.39 is 11.8 Å². The minimum atomic E-state index is -0.551. The van der Waals surface area contributed by atoms with Crippen LogP contribution in [-0.4, -0.2) is 23.0 Å². The first-order valence-electron chi connectivity index (χ1n) is 8.10. The van der Waals surface area contributed by atoms with Gasteiger partial charge in [-0.3, -0.25) is 19.8 Å². The van der Waals surface area contributed by atoms with Crippen molar-refractivity contribution in [3.05, 3.63) is 53.5 Å². The number of benzene rings is 1. The maximum absolute atomic E-state index is 12.9. The van der Waals surface area contributed by atoms with E-state index in [2.05, 4.69) is 5.32 Å². The summed E-state index contributed by atoms with van der Waals surface area (Å²) in [5.41, 5.74) is 0.494. The summed E-state index contributed by atoms with van der Waals surface area (Å²) in [5, 5.41) is 2.57. The number of carbonyl (C=O) groups is 2. The summed E-state index contributed by atoms with van der Waals surface area (Å²) in [6, 6.07) is 10.4. The molecule has 0 spiro atoms. The number of amides is 2. The van der Waals surface area contributed by atoms with Crippen LogP contribution in [0.15, 0.2) is 46.4 Å². The number of ether oxygens (including phenoxy) is 1. The normalized spacial score (nSPS) is 16.4. The van der Waals surface area contributed by atoms with Gasteiger partial charge in [0.2, 0.25) is 0 Å². The third-order valence-electron chi connectivity index (χ3n) is 3.62. The van der Waals surface area contributed by atoms with Crippen molar-refractivity contribution in [1.82, 2.24) is 5.32 Å². The SMILES string of the molecule is Cc1ccc(C=C2C(=O)NC(=S)N(c3ccc(OC(C)C)cc3)C2=O)o1. The molecule has 2 amide bonds. The van der Waals surface area contributed by atoms with Gasteiger partial charge in [0.25, 0.3) is 11.8 Å². The van der Waals surface area contributed by atoms with E-state index in [4.69, 9.17) is 21.4 Å². The highest BCUT2D eigenvalue weighted by molar-refractivity contribution is 7.80. The number of carbonyl (C=O) groups excluding carboxylic acids is 2. The molecule has 6 nitrogen and oxygen atoms in total. The number of rotatable bonds is 4. The monoisotopic (exact) mass is 370 g/mol. The van der Waals surface area contributed by atoms with Gasteiger partial charge < -0.3 is 9.15 Å². The molecule has 2 aromatic rings. The largest absolute Gasteiger partial charge is 0.491 e. The Morgan fingerprint density at radius 3 is 2.42 bits per heavy atom. The number of thiocarbonyl (C=S) groups is 1. The summed E-state index contributed by atoms with van der Waals surface area (Å²) >= 11 is 5.18. The van der Waals surface area contributed by atoms with Crippen LogP contribution in [0.1, 0.15) is 25.4 Å². The molecule has 3 rings (SSSR count). The second kappa shape index (κ2) is 7.13. The van der Waals surface area contributed by atoms with Crippen LogP contribution in [0.5, 0.6) is 5.75 Å². The Morgan fingerprint density at radius 2 is 1.85 bits per heavy atom. The zero-order valence-electron chi connectivity index (χ0n) is 14.6. The lowest BCUT2D eigenvalue weighted by atomic mass is 10.1. The van der Waals surface area contributed by atoms with Crippen LogP contribution in [0.2, 0.25) is 0 Å². The Kier molecular flexibility index (Phi) is 4.90. The van der Waals surface area contributed by atoms with Crippen LogP contribution < -0.4 is 15.0 Å². The minimum absolute atomic E-state index is 0.0327. The van der Waals surface area contributed by atoms with Crippen molar-refractivity contribution in [2.75, 3.05) is 4.90 Å². The molecule has 0 saturated carbocycles. The quantitative estimate of drug-likeness (QED) is 0.508. The fraction of sp³-hybridized carbons (Fsp3) is 0.211. The summed E-state index contributed by atoms with van der Waals surface area (Å²) in [6.07, 6.45) is 1.46. The van der Waals surface area contributed by atoms with Gasteiger partial charge in [-0.2, -0.15) is 0 Å². The van der Waals surface area contributed by atoms with E-state index >= 15 is 0 Å². The Morgan fingerprint density at radius 1 is 1.15 bits per heavy atom. The van der Waals surface area contributed by atoms with Gasteiger partial charge in [0, 0.05) is 0 Å². The van der Waals surface area contributed by atoms with Crippen LogP contribution in [0.25, 0.3) is 6.08 Å². The fourth-order valence-corrected chi connectivity index (χ4v) is 2.79. The third kappa shape index (κ3) is 3.67. The van der Waals surface area contributed by atoms with Gasteiger partial charge in [0.15, 0.2) is 5.11 Å². The number of aryl methyl sites for hydroxylation is 1. The highest BCUT2D eigenvalue weighted by Gasteiger charge is 2.34. The molecule has 1 aliphatic heterocycles. The average molecular weight is 370 g/mol. The van der Waals surface area contributed by atoms with Crippen molar-refractivity contribution in [2.45, 2.75) is 26.9 Å². The van der Waals surface area contributed by atoms with Crippen LogP contribution in [0.3, 0.4) is 0 Å². The molecule has 26 heavy (non-hydrogen) atoms. The standard InChI is InChI=1S/C19H18N2O4S/c1-11(2)24-14-8-5-13(6-9-14)21-18(23)16(17(22)20-19(21)26)10-15-7-4-12(3)25-15/h4-11H,1-3H3,(H,20,22,26). The van der Waals surface area contributed by atoms with Gasteiger partial charge in [-0.05, 0) is 75.5 Å². The number of furan rings is 1. The summed E-state index contributed by atoms with van der Waals surface area (Å²) in [4.78, 5) is 26.3. The molecular weight excluding hydrogens is 352 g/mol. The Labute approximate surface area is 156 Å². The van der Waals surface area contributed by atoms with Crippen LogP contribution in [0.4, 0.5) is 5.69 Å². The van der Waals surface area contributed by atoms with Gasteiger partial charge >= 0.3 is 0 Å². The van der Waals surface area contributed by atoms with Gasteiger partial charge in [-0.15, -0.1) is 0 Å². The molecule has 7 heteroatoms. The number of nitrogens with one attached hydrogen (secondary N) is 1. The maximum Gasteiger partial charge on any atom is 0.270 e. The molecule has 2 heterocycles. The predicted molar refractivity (Wildman–Crippen MR) is 102 cm³/mol. The smallest absolute Gasteiger partial charge is 0.270 e. The Hall–Kier alpha value is -2.93. The van der Waals surface area contributed by atoms with Gasteiger partial charge in [0.1, 0.15) is 22.8 Å². The van der Waals surface area contributed by atoms with Gasteiger partial charge in [-0.1, -0.05) is 0 Å². The van der Waals surface area contributed by atoms with E-state index in [-0.39, 0.29) is 16.8 Å². The summed E-state index contributed by atoms with van der Waals surface area (Å²) in [5.74, 6) is 0.739. The molecule has 0 unspecified atom stereocenters. The van der Waals surface area contributed by atoms with Crippen molar-refractivity contribution in [3.63, 3.8) is 0 Å². The van der Waals surface area contributed by atoms with Crippen molar-refractivity contribution >= 4 is 40.9 Å². The summed E-state index contributed by atoms with van der Waals surface area (Å²) in [6.45, 7) is 5.65. The highest BCUT2D eigenvalue weighted by atomic mass is 32.1. The van der Waals surface area contributed by atoms with E-state index in [1.54, 1.807) is 43.3 Å². The predicted octanol–water partition coefficient (Wildman–Crippen LogP) is 3.21. The van der Waals surface area contributed by atoms with E-state index in [0.717, 1.165) is 0 Å².